The molecule has 3 aromatic heterocycles. The number of fused-ring (bicyclic) bond motifs is 1. The summed E-state index contributed by atoms with van der Waals surface area (Å²) in [6.45, 7) is 0.271. The van der Waals surface area contributed by atoms with Gasteiger partial charge < -0.3 is 14.5 Å². The lowest BCUT2D eigenvalue weighted by Crippen LogP contribution is -2.35. The highest BCUT2D eigenvalue weighted by molar-refractivity contribution is 7.71. The molecular weight excluding hydrogens is 457 g/mol. The van der Waals surface area contributed by atoms with E-state index in [-0.39, 0.29) is 18.8 Å². The van der Waals surface area contributed by atoms with Crippen LogP contribution < -0.4 is 10.1 Å². The van der Waals surface area contributed by atoms with E-state index in [0.717, 1.165) is 4.68 Å². The lowest BCUT2D eigenvalue weighted by molar-refractivity contribution is -0.173. The molecule has 1 aliphatic rings. The molecular formula is C21H19F3N6O2S. The van der Waals surface area contributed by atoms with Gasteiger partial charge in [-0.25, -0.2) is 4.68 Å². The highest BCUT2D eigenvalue weighted by atomic mass is 32.1. The number of alkyl halides is 3. The molecule has 0 saturated carbocycles. The summed E-state index contributed by atoms with van der Waals surface area (Å²) in [6.07, 6.45) is -1.77. The van der Waals surface area contributed by atoms with Gasteiger partial charge in [-0.2, -0.15) is 23.4 Å². The fourth-order valence-corrected chi connectivity index (χ4v) is 4.21. The van der Waals surface area contributed by atoms with E-state index in [1.165, 1.54) is 19.6 Å². The summed E-state index contributed by atoms with van der Waals surface area (Å²) in [5, 5.41) is 14.3. The molecule has 4 aromatic rings. The number of ether oxygens (including phenoxy) is 1. The van der Waals surface area contributed by atoms with Crippen LogP contribution in [0.15, 0.2) is 53.3 Å². The van der Waals surface area contributed by atoms with E-state index in [1.54, 1.807) is 41.0 Å². The Bertz CT molecular complexity index is 1310. The number of hydrogen-bond acceptors (Lipinski definition) is 6. The first kappa shape index (κ1) is 21.3. The molecule has 12 heteroatoms. The van der Waals surface area contributed by atoms with E-state index in [2.05, 4.69) is 20.6 Å². The Hall–Kier alpha value is -3.54. The van der Waals surface area contributed by atoms with E-state index >= 15 is 0 Å². The number of methoxy groups -OCH3 is 1. The van der Waals surface area contributed by atoms with Crippen LogP contribution in [0.2, 0.25) is 0 Å². The van der Waals surface area contributed by atoms with Crippen molar-refractivity contribution in [1.29, 1.82) is 0 Å². The second-order valence-corrected chi connectivity index (χ2v) is 8.02. The topological polar surface area (TPSA) is 85.8 Å². The molecule has 5 rings (SSSR count). The molecule has 2 atom stereocenters. The first-order chi connectivity index (χ1) is 15.8. The number of H-pyrrole nitrogens is 1. The van der Waals surface area contributed by atoms with Crippen molar-refractivity contribution in [2.24, 2.45) is 0 Å². The second-order valence-electron chi connectivity index (χ2n) is 7.63. The Kier molecular flexibility index (Phi) is 5.23. The lowest BCUT2D eigenvalue weighted by Gasteiger charge is -2.34. The fraction of sp³-hybridized carbons (Fsp3) is 0.286. The van der Waals surface area contributed by atoms with Gasteiger partial charge >= 0.3 is 6.18 Å². The Morgan fingerprint density at radius 3 is 2.70 bits per heavy atom. The van der Waals surface area contributed by atoms with Crippen molar-refractivity contribution in [3.8, 4) is 17.1 Å². The number of nitrogens with zero attached hydrogens (tertiary/aromatic N) is 4. The number of halogens is 3. The monoisotopic (exact) mass is 476 g/mol. The maximum Gasteiger partial charge on any atom is 0.410 e. The van der Waals surface area contributed by atoms with Crippen LogP contribution in [0.4, 0.5) is 19.0 Å². The first-order valence-corrected chi connectivity index (χ1v) is 10.5. The molecule has 0 unspecified atom stereocenters. The molecule has 8 nitrogen and oxygen atoms in total. The van der Waals surface area contributed by atoms with Gasteiger partial charge in [-0.15, -0.1) is 0 Å². The number of benzene rings is 1. The van der Waals surface area contributed by atoms with Crippen LogP contribution in [0, 0.1) is 4.77 Å². The number of furan rings is 1. The second kappa shape index (κ2) is 8.10. The SMILES string of the molecule is COc1ccc([C@H]2C[C@H](C(F)(F)F)n3ncc(-c4n[nH]c(=S)n4Cc4ccco4)c3N2)cc1. The van der Waals surface area contributed by atoms with Crippen LogP contribution in [0.5, 0.6) is 5.75 Å². The van der Waals surface area contributed by atoms with Crippen LogP contribution in [0.3, 0.4) is 0 Å². The van der Waals surface area contributed by atoms with Crippen LogP contribution in [0.1, 0.15) is 29.8 Å². The van der Waals surface area contributed by atoms with Crippen molar-refractivity contribution >= 4 is 18.0 Å². The summed E-state index contributed by atoms with van der Waals surface area (Å²) in [7, 11) is 1.54. The number of anilines is 1. The first-order valence-electron chi connectivity index (χ1n) is 10.1. The lowest BCUT2D eigenvalue weighted by atomic mass is 9.96. The number of aromatic nitrogens is 5. The van der Waals surface area contributed by atoms with Crippen molar-refractivity contribution in [2.45, 2.75) is 31.2 Å². The molecule has 172 valence electrons. The van der Waals surface area contributed by atoms with Crippen LogP contribution in [-0.2, 0) is 6.54 Å². The molecule has 0 radical (unpaired) electrons. The zero-order valence-corrected chi connectivity index (χ0v) is 18.2. The van der Waals surface area contributed by atoms with E-state index < -0.39 is 18.3 Å². The predicted octanol–water partition coefficient (Wildman–Crippen LogP) is 5.11. The largest absolute Gasteiger partial charge is 0.497 e. The normalized spacial score (nSPS) is 18.1. The van der Waals surface area contributed by atoms with Crippen LogP contribution >= 0.6 is 12.2 Å². The van der Waals surface area contributed by atoms with Gasteiger partial charge in [-0.05, 0) is 42.0 Å². The van der Waals surface area contributed by atoms with Gasteiger partial charge in [-0.1, -0.05) is 12.1 Å². The van der Waals surface area contributed by atoms with E-state index in [4.69, 9.17) is 21.4 Å². The Morgan fingerprint density at radius 2 is 2.03 bits per heavy atom. The standard InChI is InChI=1S/C21H19F3N6O2S/c1-31-13-6-4-12(5-7-13)16-9-17(21(22,23)24)30-18(26-16)15(10-25-30)19-27-28-20(33)29(19)11-14-3-2-8-32-14/h2-8,10,16-17,26H,9,11H2,1H3,(H,28,33)/t16-,17-/m1/s1. The summed E-state index contributed by atoms with van der Waals surface area (Å²) in [4.78, 5) is 0. The summed E-state index contributed by atoms with van der Waals surface area (Å²) in [6, 6.07) is 8.09. The zero-order valence-electron chi connectivity index (χ0n) is 17.3. The third kappa shape index (κ3) is 3.90. The number of hydrogen-bond donors (Lipinski definition) is 2. The van der Waals surface area contributed by atoms with Crippen LogP contribution in [0.25, 0.3) is 11.4 Å². The van der Waals surface area contributed by atoms with Gasteiger partial charge in [0.25, 0.3) is 0 Å². The highest BCUT2D eigenvalue weighted by Crippen LogP contribution is 2.46. The van der Waals surface area contributed by atoms with Gasteiger partial charge in [-0.3, -0.25) is 9.67 Å². The summed E-state index contributed by atoms with van der Waals surface area (Å²) in [5.74, 6) is 1.84. The van der Waals surface area contributed by atoms with E-state index in [9.17, 15) is 13.2 Å². The Labute approximate surface area is 191 Å². The Morgan fingerprint density at radius 1 is 1.24 bits per heavy atom. The van der Waals surface area contributed by atoms with Gasteiger partial charge in [0.1, 0.15) is 17.3 Å². The third-order valence-electron chi connectivity index (χ3n) is 5.65. The quantitative estimate of drug-likeness (QED) is 0.389. The Balaban J connectivity index is 1.58. The minimum absolute atomic E-state index is 0.205. The van der Waals surface area contributed by atoms with Gasteiger partial charge in [0.15, 0.2) is 16.6 Å². The van der Waals surface area contributed by atoms with Crippen molar-refractivity contribution in [3.05, 3.63) is 65.0 Å². The van der Waals surface area contributed by atoms with Crippen LogP contribution in [-0.4, -0.2) is 37.8 Å². The molecule has 0 aliphatic carbocycles. The minimum atomic E-state index is -4.48. The molecule has 0 amide bonds. The van der Waals surface area contributed by atoms with Gasteiger partial charge in [0.2, 0.25) is 0 Å². The highest BCUT2D eigenvalue weighted by Gasteiger charge is 2.47. The smallest absolute Gasteiger partial charge is 0.410 e. The van der Waals surface area contributed by atoms with Crippen molar-refractivity contribution in [2.75, 3.05) is 12.4 Å². The van der Waals surface area contributed by atoms with E-state index in [0.29, 0.717) is 33.2 Å². The van der Waals surface area contributed by atoms with Crippen molar-refractivity contribution < 1.29 is 22.3 Å². The molecule has 33 heavy (non-hydrogen) atoms. The molecule has 0 fully saturated rings. The van der Waals surface area contributed by atoms with Gasteiger partial charge in [0.05, 0.1) is 37.7 Å². The molecule has 2 N–H and O–H groups in total. The molecule has 1 aliphatic heterocycles. The summed E-state index contributed by atoms with van der Waals surface area (Å²) in [5.41, 5.74) is 1.11. The van der Waals surface area contributed by atoms with E-state index in [1.807, 2.05) is 0 Å². The zero-order chi connectivity index (χ0) is 23.2. The minimum Gasteiger partial charge on any atom is -0.497 e. The number of aromatic amines is 1. The third-order valence-corrected chi connectivity index (χ3v) is 5.96. The maximum absolute atomic E-state index is 14.0. The molecule has 0 bridgehead atoms. The number of nitrogens with one attached hydrogen (secondary N) is 2. The van der Waals surface area contributed by atoms with Gasteiger partial charge in [0, 0.05) is 6.42 Å². The summed E-state index contributed by atoms with van der Waals surface area (Å²) < 4.78 is 55.5. The van der Waals surface area contributed by atoms with Crippen molar-refractivity contribution in [1.82, 2.24) is 24.5 Å². The average molecular weight is 476 g/mol. The fourth-order valence-electron chi connectivity index (χ4n) is 4.01. The average Bonchev–Trinajstić information content (AvgIpc) is 3.54. The number of rotatable bonds is 5. The molecule has 0 saturated heterocycles. The summed E-state index contributed by atoms with van der Waals surface area (Å²) >= 11 is 5.34. The molecule has 1 aromatic carbocycles. The van der Waals surface area contributed by atoms with Crippen molar-refractivity contribution in [3.63, 3.8) is 0 Å². The maximum atomic E-state index is 14.0. The molecule has 0 spiro atoms. The predicted molar refractivity (Wildman–Crippen MR) is 116 cm³/mol. The molecule has 4 heterocycles.